The molecule has 1 heterocycles. The van der Waals surface area contributed by atoms with E-state index < -0.39 is 27.6 Å². The molecule has 0 spiro atoms. The maximum atomic E-state index is 13.6. The zero-order valence-corrected chi connectivity index (χ0v) is 19.2. The first kappa shape index (κ1) is 24.0. The fourth-order valence-electron chi connectivity index (χ4n) is 3.28. The summed E-state index contributed by atoms with van der Waals surface area (Å²) in [5.74, 6) is -1.30. The molecule has 1 unspecified atom stereocenters. The number of nitrogens with zero attached hydrogens (tertiary/aromatic N) is 4. The number of rotatable bonds is 8. The molecule has 0 radical (unpaired) electrons. The molecule has 8 nitrogen and oxygen atoms in total. The van der Waals surface area contributed by atoms with Crippen LogP contribution in [0.1, 0.15) is 12.5 Å². The van der Waals surface area contributed by atoms with Crippen LogP contribution in [0.3, 0.4) is 0 Å². The Morgan fingerprint density at radius 3 is 2.49 bits per heavy atom. The molecule has 0 aliphatic heterocycles. The number of benzene rings is 3. The van der Waals surface area contributed by atoms with E-state index in [9.17, 15) is 23.7 Å². The van der Waals surface area contributed by atoms with Crippen LogP contribution in [0.2, 0.25) is 0 Å². The van der Waals surface area contributed by atoms with Gasteiger partial charge < -0.3 is 5.32 Å². The lowest BCUT2D eigenvalue weighted by molar-refractivity contribution is -0.387. The SMILES string of the molecule is CC(Sc1nnc(-c2ccc(F)cc2)n1Cc1ccccc1)C(=O)Nc1ccc(F)c([N+](=O)[O-])c1. The molecule has 0 saturated heterocycles. The summed E-state index contributed by atoms with van der Waals surface area (Å²) in [5.41, 5.74) is 1.02. The van der Waals surface area contributed by atoms with Gasteiger partial charge in [-0.3, -0.25) is 19.5 Å². The van der Waals surface area contributed by atoms with E-state index in [1.807, 2.05) is 34.9 Å². The molecule has 0 saturated carbocycles. The number of nitrogens with one attached hydrogen (secondary N) is 1. The number of thioether (sulfide) groups is 1. The van der Waals surface area contributed by atoms with Crippen LogP contribution in [-0.2, 0) is 11.3 Å². The number of halogens is 2. The largest absolute Gasteiger partial charge is 0.325 e. The van der Waals surface area contributed by atoms with Gasteiger partial charge in [0.25, 0.3) is 0 Å². The Morgan fingerprint density at radius 2 is 1.80 bits per heavy atom. The van der Waals surface area contributed by atoms with Crippen molar-refractivity contribution >= 4 is 29.0 Å². The molecule has 4 rings (SSSR count). The third kappa shape index (κ3) is 5.69. The highest BCUT2D eigenvalue weighted by atomic mass is 32.2. The summed E-state index contributed by atoms with van der Waals surface area (Å²) >= 11 is 1.14. The van der Waals surface area contributed by atoms with Crippen LogP contribution in [0.5, 0.6) is 0 Å². The van der Waals surface area contributed by atoms with Gasteiger partial charge in [0.2, 0.25) is 11.7 Å². The van der Waals surface area contributed by atoms with Gasteiger partial charge in [0, 0.05) is 17.3 Å². The zero-order valence-electron chi connectivity index (χ0n) is 18.4. The monoisotopic (exact) mass is 495 g/mol. The molecule has 0 bridgehead atoms. The molecule has 0 aliphatic carbocycles. The van der Waals surface area contributed by atoms with Crippen LogP contribution in [0.15, 0.2) is 78.0 Å². The van der Waals surface area contributed by atoms with Gasteiger partial charge in [-0.05, 0) is 48.9 Å². The summed E-state index contributed by atoms with van der Waals surface area (Å²) < 4.78 is 28.9. The summed E-state index contributed by atoms with van der Waals surface area (Å²) in [7, 11) is 0. The maximum absolute atomic E-state index is 13.6. The normalized spacial score (nSPS) is 11.7. The molecular weight excluding hydrogens is 476 g/mol. The average Bonchev–Trinajstić information content (AvgIpc) is 3.23. The number of carbonyl (C=O) groups excluding carboxylic acids is 1. The van der Waals surface area contributed by atoms with Gasteiger partial charge in [-0.2, -0.15) is 4.39 Å². The predicted molar refractivity (Wildman–Crippen MR) is 128 cm³/mol. The standard InChI is InChI=1S/C24H19F2N5O3S/c1-15(23(32)27-19-11-12-20(26)21(13-19)31(33)34)35-24-29-28-22(17-7-9-18(25)10-8-17)30(24)14-16-5-3-2-4-6-16/h2-13,15H,14H2,1H3,(H,27,32). The van der Waals surface area contributed by atoms with Crippen LogP contribution >= 0.6 is 11.8 Å². The van der Waals surface area contributed by atoms with E-state index >= 15 is 0 Å². The Balaban J connectivity index is 1.58. The number of carbonyl (C=O) groups is 1. The lowest BCUT2D eigenvalue weighted by atomic mass is 10.2. The second-order valence-electron chi connectivity index (χ2n) is 7.56. The van der Waals surface area contributed by atoms with Crippen molar-refractivity contribution in [2.45, 2.75) is 23.9 Å². The quantitative estimate of drug-likeness (QED) is 0.202. The van der Waals surface area contributed by atoms with E-state index in [0.717, 1.165) is 29.5 Å². The van der Waals surface area contributed by atoms with Crippen molar-refractivity contribution in [3.05, 3.63) is 100 Å². The Hall–Kier alpha value is -4.12. The van der Waals surface area contributed by atoms with Crippen LogP contribution in [0.4, 0.5) is 20.2 Å². The van der Waals surface area contributed by atoms with E-state index in [1.165, 1.54) is 18.2 Å². The first-order chi connectivity index (χ1) is 16.8. The van der Waals surface area contributed by atoms with Gasteiger partial charge in [-0.1, -0.05) is 42.1 Å². The molecule has 3 aromatic carbocycles. The van der Waals surface area contributed by atoms with Gasteiger partial charge in [-0.15, -0.1) is 10.2 Å². The highest BCUT2D eigenvalue weighted by Gasteiger charge is 2.22. The van der Waals surface area contributed by atoms with E-state index in [1.54, 1.807) is 19.1 Å². The van der Waals surface area contributed by atoms with E-state index in [4.69, 9.17) is 0 Å². The molecule has 0 fully saturated rings. The predicted octanol–water partition coefficient (Wildman–Crippen LogP) is 5.30. The second kappa shape index (κ2) is 10.4. The van der Waals surface area contributed by atoms with Gasteiger partial charge in [-0.25, -0.2) is 4.39 Å². The van der Waals surface area contributed by atoms with Crippen LogP contribution in [0, 0.1) is 21.7 Å². The molecule has 35 heavy (non-hydrogen) atoms. The Morgan fingerprint density at radius 1 is 1.09 bits per heavy atom. The number of nitro groups is 1. The van der Waals surface area contributed by atoms with Gasteiger partial charge in [0.05, 0.1) is 16.7 Å². The lowest BCUT2D eigenvalue weighted by Gasteiger charge is -2.14. The smallest absolute Gasteiger partial charge is 0.306 e. The summed E-state index contributed by atoms with van der Waals surface area (Å²) in [6.07, 6.45) is 0. The van der Waals surface area contributed by atoms with Crippen molar-refractivity contribution in [3.8, 4) is 11.4 Å². The van der Waals surface area contributed by atoms with E-state index in [0.29, 0.717) is 23.1 Å². The number of anilines is 1. The molecule has 0 aliphatic rings. The molecule has 178 valence electrons. The zero-order chi connectivity index (χ0) is 24.9. The van der Waals surface area contributed by atoms with Crippen LogP contribution in [-0.4, -0.2) is 30.8 Å². The first-order valence-electron chi connectivity index (χ1n) is 10.5. The minimum Gasteiger partial charge on any atom is -0.325 e. The molecule has 4 aromatic rings. The summed E-state index contributed by atoms with van der Waals surface area (Å²) in [6.45, 7) is 2.07. The first-order valence-corrected chi connectivity index (χ1v) is 11.3. The van der Waals surface area contributed by atoms with Crippen molar-refractivity contribution in [3.63, 3.8) is 0 Å². The molecule has 11 heteroatoms. The van der Waals surface area contributed by atoms with Crippen molar-refractivity contribution in [1.82, 2.24) is 14.8 Å². The fourth-order valence-corrected chi connectivity index (χ4v) is 4.13. The van der Waals surface area contributed by atoms with Gasteiger partial charge in [0.1, 0.15) is 5.82 Å². The van der Waals surface area contributed by atoms with Gasteiger partial charge >= 0.3 is 5.69 Å². The van der Waals surface area contributed by atoms with E-state index in [-0.39, 0.29) is 11.5 Å². The molecule has 1 amide bonds. The minimum atomic E-state index is -0.988. The Labute approximate surface area is 203 Å². The van der Waals surface area contributed by atoms with Crippen molar-refractivity contribution in [1.29, 1.82) is 0 Å². The van der Waals surface area contributed by atoms with Crippen molar-refractivity contribution < 1.29 is 18.5 Å². The third-order valence-corrected chi connectivity index (χ3v) is 6.15. The highest BCUT2D eigenvalue weighted by Crippen LogP contribution is 2.29. The average molecular weight is 496 g/mol. The molecular formula is C24H19F2N5O3S. The maximum Gasteiger partial charge on any atom is 0.306 e. The molecule has 1 aromatic heterocycles. The van der Waals surface area contributed by atoms with Gasteiger partial charge in [0.15, 0.2) is 11.0 Å². The number of nitro benzene ring substituents is 1. The highest BCUT2D eigenvalue weighted by molar-refractivity contribution is 8.00. The van der Waals surface area contributed by atoms with Crippen molar-refractivity contribution in [2.24, 2.45) is 0 Å². The number of hydrogen-bond acceptors (Lipinski definition) is 6. The fraction of sp³-hybridized carbons (Fsp3) is 0.125. The molecule has 1 N–H and O–H groups in total. The third-order valence-electron chi connectivity index (χ3n) is 5.06. The second-order valence-corrected chi connectivity index (χ2v) is 8.87. The summed E-state index contributed by atoms with van der Waals surface area (Å²) in [6, 6.07) is 18.6. The minimum absolute atomic E-state index is 0.105. The summed E-state index contributed by atoms with van der Waals surface area (Å²) in [4.78, 5) is 22.9. The number of hydrogen-bond donors (Lipinski definition) is 1. The van der Waals surface area contributed by atoms with Crippen molar-refractivity contribution in [2.75, 3.05) is 5.32 Å². The Kier molecular flexibility index (Phi) is 7.16. The van der Waals surface area contributed by atoms with Crippen LogP contribution in [0.25, 0.3) is 11.4 Å². The number of aromatic nitrogens is 3. The van der Waals surface area contributed by atoms with E-state index in [2.05, 4.69) is 15.5 Å². The topological polar surface area (TPSA) is 103 Å². The lowest BCUT2D eigenvalue weighted by Crippen LogP contribution is -2.23. The van der Waals surface area contributed by atoms with Crippen LogP contribution < -0.4 is 5.32 Å². The number of amides is 1. The Bertz CT molecular complexity index is 1360. The summed E-state index contributed by atoms with van der Waals surface area (Å²) in [5, 5.41) is 21.9. The molecule has 1 atom stereocenters.